The second kappa shape index (κ2) is 5.23. The van der Waals surface area contributed by atoms with E-state index in [0.717, 1.165) is 29.7 Å². The van der Waals surface area contributed by atoms with E-state index in [9.17, 15) is 4.79 Å². The van der Waals surface area contributed by atoms with Gasteiger partial charge in [-0.15, -0.1) is 11.3 Å². The topological polar surface area (TPSA) is 17.1 Å². The van der Waals surface area contributed by atoms with E-state index in [1.807, 2.05) is 17.5 Å². The number of thiophene rings is 1. The van der Waals surface area contributed by atoms with Gasteiger partial charge in [0.25, 0.3) is 0 Å². The Morgan fingerprint density at radius 3 is 2.83 bits per heavy atom. The maximum absolute atomic E-state index is 12.3. The van der Waals surface area contributed by atoms with E-state index >= 15 is 0 Å². The number of fused-ring (bicyclic) bond motifs is 1. The van der Waals surface area contributed by atoms with Gasteiger partial charge in [0, 0.05) is 27.5 Å². The minimum absolute atomic E-state index is 0.333. The molecule has 1 nitrogen and oxygen atoms in total. The predicted octanol–water partition coefficient (Wildman–Crippen LogP) is 5.05. The highest BCUT2D eigenvalue weighted by molar-refractivity contribution is 7.17. The SMILES string of the molecule is O=C(CCC1CCCC1)c1csc2ccccc12. The third-order valence-electron chi connectivity index (χ3n) is 4.04. The van der Waals surface area contributed by atoms with E-state index in [1.54, 1.807) is 11.3 Å². The largest absolute Gasteiger partial charge is 0.294 e. The molecule has 18 heavy (non-hydrogen) atoms. The standard InChI is InChI=1S/C16H18OS/c17-15(10-9-12-5-1-2-6-12)14-11-18-16-8-4-3-7-13(14)16/h3-4,7-8,11-12H,1-2,5-6,9-10H2. The van der Waals surface area contributed by atoms with Crippen LogP contribution in [0.5, 0.6) is 0 Å². The number of benzene rings is 1. The van der Waals surface area contributed by atoms with Crippen molar-refractivity contribution in [1.82, 2.24) is 0 Å². The second-order valence-electron chi connectivity index (χ2n) is 5.26. The zero-order valence-electron chi connectivity index (χ0n) is 10.5. The van der Waals surface area contributed by atoms with Gasteiger partial charge in [0.15, 0.2) is 5.78 Å². The van der Waals surface area contributed by atoms with Crippen molar-refractivity contribution < 1.29 is 4.79 Å². The molecule has 0 amide bonds. The fourth-order valence-corrected chi connectivity index (χ4v) is 3.93. The van der Waals surface area contributed by atoms with E-state index in [-0.39, 0.29) is 0 Å². The molecule has 0 spiro atoms. The van der Waals surface area contributed by atoms with E-state index in [0.29, 0.717) is 5.78 Å². The van der Waals surface area contributed by atoms with Gasteiger partial charge in [-0.2, -0.15) is 0 Å². The minimum atomic E-state index is 0.333. The molecule has 0 saturated heterocycles. The number of carbonyl (C=O) groups is 1. The molecule has 0 atom stereocenters. The van der Waals surface area contributed by atoms with Crippen molar-refractivity contribution in [2.75, 3.05) is 0 Å². The molecule has 1 saturated carbocycles. The van der Waals surface area contributed by atoms with Gasteiger partial charge in [0.1, 0.15) is 0 Å². The summed E-state index contributed by atoms with van der Waals surface area (Å²) in [4.78, 5) is 12.3. The first-order valence-corrected chi connectivity index (χ1v) is 7.72. The summed E-state index contributed by atoms with van der Waals surface area (Å²) in [6, 6.07) is 8.21. The molecule has 1 aliphatic rings. The number of Topliss-reactive ketones (excluding diaryl/α,β-unsaturated/α-hetero) is 1. The van der Waals surface area contributed by atoms with Crippen molar-refractivity contribution in [3.8, 4) is 0 Å². The lowest BCUT2D eigenvalue weighted by atomic mass is 9.97. The Morgan fingerprint density at radius 1 is 1.22 bits per heavy atom. The molecular formula is C16H18OS. The number of ketones is 1. The Balaban J connectivity index is 1.71. The number of carbonyl (C=O) groups excluding carboxylic acids is 1. The van der Waals surface area contributed by atoms with Gasteiger partial charge in [0.05, 0.1) is 0 Å². The van der Waals surface area contributed by atoms with Crippen LogP contribution < -0.4 is 0 Å². The van der Waals surface area contributed by atoms with E-state index in [4.69, 9.17) is 0 Å². The molecule has 1 heterocycles. The van der Waals surface area contributed by atoms with Crippen LogP contribution in [0.25, 0.3) is 10.1 Å². The van der Waals surface area contributed by atoms with Gasteiger partial charge < -0.3 is 0 Å². The highest BCUT2D eigenvalue weighted by Crippen LogP contribution is 2.31. The monoisotopic (exact) mass is 258 g/mol. The first-order chi connectivity index (χ1) is 8.84. The Labute approximate surface area is 112 Å². The highest BCUT2D eigenvalue weighted by atomic mass is 32.1. The molecule has 94 valence electrons. The highest BCUT2D eigenvalue weighted by Gasteiger charge is 2.18. The van der Waals surface area contributed by atoms with Crippen LogP contribution in [0.4, 0.5) is 0 Å². The number of hydrogen-bond donors (Lipinski definition) is 0. The maximum Gasteiger partial charge on any atom is 0.164 e. The van der Waals surface area contributed by atoms with Crippen molar-refractivity contribution in [3.05, 3.63) is 35.2 Å². The summed E-state index contributed by atoms with van der Waals surface area (Å²) in [6.07, 6.45) is 7.20. The van der Waals surface area contributed by atoms with Gasteiger partial charge in [-0.05, 0) is 18.4 Å². The van der Waals surface area contributed by atoms with E-state index in [1.165, 1.54) is 30.4 Å². The van der Waals surface area contributed by atoms with Crippen LogP contribution in [0.2, 0.25) is 0 Å². The average Bonchev–Trinajstić information content (AvgIpc) is 3.05. The first-order valence-electron chi connectivity index (χ1n) is 6.84. The molecule has 2 heteroatoms. The number of rotatable bonds is 4. The summed E-state index contributed by atoms with van der Waals surface area (Å²) in [5.41, 5.74) is 0.939. The van der Waals surface area contributed by atoms with Crippen LogP contribution in [0.1, 0.15) is 48.9 Å². The molecule has 0 unspecified atom stereocenters. The first kappa shape index (κ1) is 11.9. The minimum Gasteiger partial charge on any atom is -0.294 e. The lowest BCUT2D eigenvalue weighted by Crippen LogP contribution is -2.02. The van der Waals surface area contributed by atoms with Gasteiger partial charge in [0.2, 0.25) is 0 Å². The molecule has 0 aliphatic heterocycles. The Hall–Kier alpha value is -1.15. The van der Waals surface area contributed by atoms with Gasteiger partial charge >= 0.3 is 0 Å². The molecule has 2 aromatic rings. The maximum atomic E-state index is 12.3. The summed E-state index contributed by atoms with van der Waals surface area (Å²) in [7, 11) is 0. The van der Waals surface area contributed by atoms with Gasteiger partial charge in [-0.1, -0.05) is 43.9 Å². The lowest BCUT2D eigenvalue weighted by molar-refractivity contribution is 0.0976. The molecule has 0 N–H and O–H groups in total. The average molecular weight is 258 g/mol. The van der Waals surface area contributed by atoms with Crippen LogP contribution in [0.3, 0.4) is 0 Å². The molecule has 1 aliphatic carbocycles. The van der Waals surface area contributed by atoms with Crippen molar-refractivity contribution in [2.24, 2.45) is 5.92 Å². The van der Waals surface area contributed by atoms with Crippen LogP contribution in [0.15, 0.2) is 29.6 Å². The smallest absolute Gasteiger partial charge is 0.164 e. The summed E-state index contributed by atoms with van der Waals surface area (Å²) < 4.78 is 1.22. The van der Waals surface area contributed by atoms with Crippen LogP contribution in [0, 0.1) is 5.92 Å². The molecule has 1 aromatic carbocycles. The van der Waals surface area contributed by atoms with Crippen molar-refractivity contribution in [2.45, 2.75) is 38.5 Å². The summed E-state index contributed by atoms with van der Waals surface area (Å²) in [5, 5.41) is 3.17. The lowest BCUT2D eigenvalue weighted by Gasteiger charge is -2.07. The molecule has 1 fully saturated rings. The molecule has 1 aromatic heterocycles. The third-order valence-corrected chi connectivity index (χ3v) is 5.00. The fraction of sp³-hybridized carbons (Fsp3) is 0.438. The Morgan fingerprint density at radius 2 is 2.00 bits per heavy atom. The summed E-state index contributed by atoms with van der Waals surface area (Å²) in [6.45, 7) is 0. The Bertz CT molecular complexity index is 549. The Kier molecular flexibility index (Phi) is 3.46. The predicted molar refractivity (Wildman–Crippen MR) is 77.3 cm³/mol. The number of hydrogen-bond acceptors (Lipinski definition) is 2. The van der Waals surface area contributed by atoms with Crippen molar-refractivity contribution in [1.29, 1.82) is 0 Å². The summed E-state index contributed by atoms with van der Waals surface area (Å²) >= 11 is 1.68. The van der Waals surface area contributed by atoms with E-state index in [2.05, 4.69) is 12.1 Å². The van der Waals surface area contributed by atoms with Gasteiger partial charge in [-0.25, -0.2) is 0 Å². The molecule has 0 radical (unpaired) electrons. The quantitative estimate of drug-likeness (QED) is 0.701. The van der Waals surface area contributed by atoms with Crippen LogP contribution in [-0.4, -0.2) is 5.78 Å². The van der Waals surface area contributed by atoms with Crippen LogP contribution in [-0.2, 0) is 0 Å². The van der Waals surface area contributed by atoms with E-state index < -0.39 is 0 Å². The second-order valence-corrected chi connectivity index (χ2v) is 6.17. The van der Waals surface area contributed by atoms with Gasteiger partial charge in [-0.3, -0.25) is 4.79 Å². The van der Waals surface area contributed by atoms with Crippen molar-refractivity contribution in [3.63, 3.8) is 0 Å². The molecule has 0 bridgehead atoms. The zero-order chi connectivity index (χ0) is 12.4. The molecular weight excluding hydrogens is 240 g/mol. The molecule has 3 rings (SSSR count). The third kappa shape index (κ3) is 2.35. The summed E-state index contributed by atoms with van der Waals surface area (Å²) in [5.74, 6) is 1.14. The van der Waals surface area contributed by atoms with Crippen molar-refractivity contribution >= 4 is 27.2 Å². The van der Waals surface area contributed by atoms with Crippen LogP contribution >= 0.6 is 11.3 Å². The normalized spacial score (nSPS) is 16.4. The zero-order valence-corrected chi connectivity index (χ0v) is 11.3. The fourth-order valence-electron chi connectivity index (χ4n) is 2.96.